The van der Waals surface area contributed by atoms with Crippen molar-refractivity contribution in [1.29, 1.82) is 0 Å². The van der Waals surface area contributed by atoms with Crippen LogP contribution in [-0.4, -0.2) is 25.7 Å². The first kappa shape index (κ1) is 46.3. The summed E-state index contributed by atoms with van der Waals surface area (Å²) in [5.74, 6) is 0. The third-order valence-corrected chi connectivity index (χ3v) is 15.6. The van der Waals surface area contributed by atoms with Crippen LogP contribution in [0.5, 0.6) is 0 Å². The lowest BCUT2D eigenvalue weighted by Gasteiger charge is -2.25. The zero-order valence-corrected chi connectivity index (χ0v) is 43.3. The lowest BCUT2D eigenvalue weighted by atomic mass is 9.98. The van der Waals surface area contributed by atoms with Gasteiger partial charge in [-0.3, -0.25) is 0 Å². The number of aromatic nitrogens is 4. The van der Waals surface area contributed by atoms with Crippen LogP contribution >= 0.6 is 0 Å². The first-order valence-electron chi connectivity index (χ1n) is 26.6. The molecule has 14 aromatic rings. The Morgan fingerprint density at radius 3 is 1.32 bits per heavy atom. The zero-order valence-electron chi connectivity index (χ0n) is 43.3. The third kappa shape index (κ3) is 7.74. The molecule has 0 N–H and O–H groups in total. The topological polar surface area (TPSA) is 30.9 Å². The van der Waals surface area contributed by atoms with E-state index in [1.54, 1.807) is 0 Å². The van der Waals surface area contributed by atoms with Gasteiger partial charge in [0, 0.05) is 96.8 Å². The first-order valence-corrected chi connectivity index (χ1v) is 26.6. The van der Waals surface area contributed by atoms with Gasteiger partial charge in [-0.05, 0) is 102 Å². The molecule has 14 rings (SSSR count). The number of allylic oxidation sites excluding steroid dienone is 1. The van der Waals surface area contributed by atoms with E-state index in [1.807, 2.05) is 12.2 Å². The third-order valence-electron chi connectivity index (χ3n) is 15.6. The van der Waals surface area contributed by atoms with Crippen LogP contribution < -0.4 is 4.90 Å². The number of anilines is 2. The molecular formula is C73H53N5. The van der Waals surface area contributed by atoms with E-state index in [0.29, 0.717) is 6.42 Å². The summed E-state index contributed by atoms with van der Waals surface area (Å²) in [6.45, 7) is 8.57. The van der Waals surface area contributed by atoms with Gasteiger partial charge >= 0.3 is 0 Å². The molecule has 5 heteroatoms. The van der Waals surface area contributed by atoms with Crippen molar-refractivity contribution in [3.05, 3.63) is 285 Å². The van der Waals surface area contributed by atoms with Gasteiger partial charge in [-0.2, -0.15) is 0 Å². The predicted molar refractivity (Wildman–Crippen MR) is 330 cm³/mol. The molecule has 0 unspecified atom stereocenters. The minimum atomic E-state index is 0.658. The second-order valence-electron chi connectivity index (χ2n) is 20.1. The molecule has 370 valence electrons. The van der Waals surface area contributed by atoms with Crippen LogP contribution in [0.3, 0.4) is 0 Å². The molecule has 0 saturated carbocycles. The van der Waals surface area contributed by atoms with Crippen LogP contribution in [0.1, 0.15) is 11.3 Å². The molecule has 4 aromatic heterocycles. The molecule has 10 aromatic carbocycles. The molecule has 0 aliphatic heterocycles. The summed E-state index contributed by atoms with van der Waals surface area (Å²) in [7, 11) is 2.17. The number of nitrogens with zero attached hydrogens (tertiary/aromatic N) is 5. The van der Waals surface area contributed by atoms with Crippen molar-refractivity contribution in [2.45, 2.75) is 6.42 Å². The van der Waals surface area contributed by atoms with Crippen LogP contribution in [0, 0.1) is 0 Å². The Morgan fingerprint density at radius 2 is 0.808 bits per heavy atom. The highest BCUT2D eigenvalue weighted by Crippen LogP contribution is 2.42. The summed E-state index contributed by atoms with van der Waals surface area (Å²) in [4.78, 5) is 8.15. The Morgan fingerprint density at radius 1 is 0.385 bits per heavy atom. The van der Waals surface area contributed by atoms with Crippen molar-refractivity contribution < 1.29 is 0 Å². The molecule has 4 heterocycles. The number of hydrogen-bond donors (Lipinski definition) is 0. The molecular weight excluding hydrogens is 947 g/mol. The maximum absolute atomic E-state index is 5.83. The van der Waals surface area contributed by atoms with Crippen molar-refractivity contribution in [2.75, 3.05) is 11.9 Å². The molecule has 0 radical (unpaired) electrons. The highest BCUT2D eigenvalue weighted by atomic mass is 15.1. The molecule has 0 spiro atoms. The van der Waals surface area contributed by atoms with E-state index >= 15 is 0 Å². The van der Waals surface area contributed by atoms with E-state index in [9.17, 15) is 0 Å². The van der Waals surface area contributed by atoms with Crippen LogP contribution in [0.25, 0.3) is 122 Å². The molecule has 5 nitrogen and oxygen atoms in total. The summed E-state index contributed by atoms with van der Waals surface area (Å²) in [5.41, 5.74) is 21.3. The fraction of sp³-hybridized carbons (Fsp3) is 0.0274. The van der Waals surface area contributed by atoms with Crippen molar-refractivity contribution in [2.24, 2.45) is 0 Å². The van der Waals surface area contributed by atoms with Gasteiger partial charge in [0.15, 0.2) is 0 Å². The second-order valence-corrected chi connectivity index (χ2v) is 20.1. The van der Waals surface area contributed by atoms with Crippen LogP contribution in [0.2, 0.25) is 0 Å². The minimum Gasteiger partial charge on any atom is -0.344 e. The second kappa shape index (κ2) is 19.2. The number of benzene rings is 10. The minimum absolute atomic E-state index is 0.658. The molecule has 0 bridgehead atoms. The number of para-hydroxylation sites is 6. The summed E-state index contributed by atoms with van der Waals surface area (Å²) in [5, 5.41) is 5.99. The van der Waals surface area contributed by atoms with E-state index < -0.39 is 0 Å². The fourth-order valence-corrected chi connectivity index (χ4v) is 12.0. The lowest BCUT2D eigenvalue weighted by molar-refractivity contribution is 1.000. The van der Waals surface area contributed by atoms with E-state index in [1.165, 1.54) is 21.5 Å². The Labute approximate surface area is 453 Å². The number of pyridine rings is 1. The molecule has 0 fully saturated rings. The first-order chi connectivity index (χ1) is 38.5. The molecule has 0 aliphatic carbocycles. The lowest BCUT2D eigenvalue weighted by Crippen LogP contribution is -2.12. The molecule has 0 aliphatic rings. The molecule has 0 atom stereocenters. The van der Waals surface area contributed by atoms with Gasteiger partial charge in [0.25, 0.3) is 0 Å². The standard InChI is InChI=1S/C73H53N5/c1-4-24-68-58(5-2)60-30-13-19-36-69(60)76(68)55-42-52(41-54(47-55)75(3)67-35-18-12-29-59(67)50-27-10-7-11-28-50)65-45-51(49-25-8-6-9-26-49)46-66(74-65)53-43-56(77-70-37-20-14-31-61(70)62-32-15-21-38-71(62)77)48-57(44-53)78-72-39-22-16-33-63(72)64-34-17-23-40-73(64)78/h4-23,25-48H,1-2,24H2,3H3. The average molecular weight is 1000 g/mol. The highest BCUT2D eigenvalue weighted by molar-refractivity contribution is 6.11. The van der Waals surface area contributed by atoms with Crippen LogP contribution in [-0.2, 0) is 6.42 Å². The summed E-state index contributed by atoms with van der Waals surface area (Å²) in [6.07, 6.45) is 4.64. The van der Waals surface area contributed by atoms with Crippen molar-refractivity contribution in [1.82, 2.24) is 18.7 Å². The Bertz CT molecular complexity index is 4410. The van der Waals surface area contributed by atoms with Gasteiger partial charge in [-0.1, -0.05) is 189 Å². The van der Waals surface area contributed by atoms with Gasteiger partial charge in [0.1, 0.15) is 0 Å². The van der Waals surface area contributed by atoms with Gasteiger partial charge in [0.05, 0.1) is 39.0 Å². The smallest absolute Gasteiger partial charge is 0.0717 e. The fourth-order valence-electron chi connectivity index (χ4n) is 12.0. The normalized spacial score (nSPS) is 11.6. The van der Waals surface area contributed by atoms with E-state index in [2.05, 4.69) is 294 Å². The summed E-state index contributed by atoms with van der Waals surface area (Å²) in [6, 6.07) is 92.1. The average Bonchev–Trinajstić information content (AvgIpc) is 4.34. The quantitative estimate of drug-likeness (QED) is 0.114. The van der Waals surface area contributed by atoms with E-state index in [4.69, 9.17) is 4.98 Å². The summed E-state index contributed by atoms with van der Waals surface area (Å²) < 4.78 is 7.24. The Balaban J connectivity index is 1.05. The van der Waals surface area contributed by atoms with Gasteiger partial charge in [-0.15, -0.1) is 6.58 Å². The largest absolute Gasteiger partial charge is 0.344 e. The van der Waals surface area contributed by atoms with Crippen LogP contribution in [0.15, 0.2) is 274 Å². The van der Waals surface area contributed by atoms with Gasteiger partial charge < -0.3 is 18.6 Å². The number of rotatable bonds is 12. The van der Waals surface area contributed by atoms with E-state index in [0.717, 1.165) is 117 Å². The zero-order chi connectivity index (χ0) is 52.3. The van der Waals surface area contributed by atoms with Gasteiger partial charge in [-0.25, -0.2) is 4.98 Å². The monoisotopic (exact) mass is 999 g/mol. The predicted octanol–water partition coefficient (Wildman–Crippen LogP) is 19.0. The van der Waals surface area contributed by atoms with Crippen molar-refractivity contribution in [3.63, 3.8) is 0 Å². The maximum Gasteiger partial charge on any atom is 0.0717 e. The number of hydrogen-bond acceptors (Lipinski definition) is 2. The summed E-state index contributed by atoms with van der Waals surface area (Å²) >= 11 is 0. The Hall–Kier alpha value is -10.2. The van der Waals surface area contributed by atoms with E-state index in [-0.39, 0.29) is 0 Å². The van der Waals surface area contributed by atoms with Gasteiger partial charge in [0.2, 0.25) is 0 Å². The maximum atomic E-state index is 5.83. The van der Waals surface area contributed by atoms with Crippen molar-refractivity contribution in [3.8, 4) is 61.8 Å². The molecule has 78 heavy (non-hydrogen) atoms. The van der Waals surface area contributed by atoms with Crippen molar-refractivity contribution >= 4 is 72.0 Å². The van der Waals surface area contributed by atoms with Crippen LogP contribution in [0.4, 0.5) is 11.4 Å². The number of fused-ring (bicyclic) bond motifs is 7. The molecule has 0 amide bonds. The molecule has 0 saturated heterocycles. The highest BCUT2D eigenvalue weighted by Gasteiger charge is 2.22. The SMILES string of the molecule is C=CCc1c(C=C)c2ccccc2n1-c1cc(-c2cc(-c3ccccc3)cc(-c3cc(-n4c5ccccc5c5ccccc54)cc(-n4c5ccccc5c5ccccc54)c3)n2)cc(N(C)c2ccccc2-c2ccccc2)c1. The Kier molecular flexibility index (Phi) is 11.4.